The third-order valence-corrected chi connectivity index (χ3v) is 12.9. The van der Waals surface area contributed by atoms with E-state index >= 15 is 0 Å². The van der Waals surface area contributed by atoms with E-state index in [1.165, 1.54) is 193 Å². The average molecular weight is 919 g/mol. The van der Waals surface area contributed by atoms with E-state index in [1.807, 2.05) is 6.08 Å². The van der Waals surface area contributed by atoms with Gasteiger partial charge in [-0.2, -0.15) is 0 Å². The molecule has 0 fully saturated rings. The summed E-state index contributed by atoms with van der Waals surface area (Å²) in [5.74, 6) is -0.0730. The highest BCUT2D eigenvalue weighted by Gasteiger charge is 2.18. The molecule has 0 aromatic carbocycles. The summed E-state index contributed by atoms with van der Waals surface area (Å²) in [5, 5.41) is 23.2. The molecule has 2 unspecified atom stereocenters. The molecule has 0 heterocycles. The van der Waals surface area contributed by atoms with Crippen molar-refractivity contribution in [2.24, 2.45) is 0 Å². The van der Waals surface area contributed by atoms with Crippen LogP contribution in [-0.4, -0.2) is 34.9 Å². The van der Waals surface area contributed by atoms with Crippen molar-refractivity contribution in [1.29, 1.82) is 0 Å². The molecule has 0 aliphatic heterocycles. The zero-order valence-corrected chi connectivity index (χ0v) is 43.9. The van der Waals surface area contributed by atoms with Crippen molar-refractivity contribution in [3.05, 3.63) is 85.1 Å². The third kappa shape index (κ3) is 52.5. The van der Waals surface area contributed by atoms with Gasteiger partial charge in [0.05, 0.1) is 18.8 Å². The predicted molar refractivity (Wildman–Crippen MR) is 294 cm³/mol. The number of aliphatic hydroxyl groups excluding tert-OH is 2. The zero-order valence-electron chi connectivity index (χ0n) is 43.9. The number of amides is 1. The molecule has 2 atom stereocenters. The Kier molecular flexibility index (Phi) is 54.8. The van der Waals surface area contributed by atoms with Gasteiger partial charge >= 0.3 is 0 Å². The first kappa shape index (κ1) is 63.6. The van der Waals surface area contributed by atoms with Crippen molar-refractivity contribution in [3.63, 3.8) is 0 Å². The normalized spacial score (nSPS) is 13.5. The van der Waals surface area contributed by atoms with Gasteiger partial charge in [0, 0.05) is 6.42 Å². The fourth-order valence-electron chi connectivity index (χ4n) is 8.54. The SMILES string of the molecule is CC/C=C\C/C=C\C/C=C\C/C=C\C/C=C\C/C=C\CCCCCCCCCCC(=O)NC(CO)C(O)/C=C/CCCCCCCCCCCCCCCCCCCCCCCCCCC. The van der Waals surface area contributed by atoms with E-state index in [4.69, 9.17) is 0 Å². The number of aliphatic hydroxyl groups is 2. The predicted octanol–water partition coefficient (Wildman–Crippen LogP) is 19.1. The molecule has 0 aromatic rings. The maximum atomic E-state index is 12.5. The summed E-state index contributed by atoms with van der Waals surface area (Å²) in [6, 6.07) is -0.634. The van der Waals surface area contributed by atoms with Crippen molar-refractivity contribution in [1.82, 2.24) is 5.32 Å². The largest absolute Gasteiger partial charge is 0.394 e. The zero-order chi connectivity index (χ0) is 47.7. The Labute approximate surface area is 411 Å². The van der Waals surface area contributed by atoms with Gasteiger partial charge in [-0.25, -0.2) is 0 Å². The highest BCUT2D eigenvalue weighted by molar-refractivity contribution is 5.76. The molecular formula is C62H111NO3. The van der Waals surface area contributed by atoms with E-state index in [0.717, 1.165) is 70.6 Å². The van der Waals surface area contributed by atoms with Crippen LogP contribution in [0.15, 0.2) is 85.1 Å². The average Bonchev–Trinajstić information content (AvgIpc) is 3.32. The second kappa shape index (κ2) is 56.9. The molecule has 0 aromatic heterocycles. The molecule has 4 nitrogen and oxygen atoms in total. The van der Waals surface area contributed by atoms with Crippen LogP contribution >= 0.6 is 0 Å². The van der Waals surface area contributed by atoms with Gasteiger partial charge in [-0.15, -0.1) is 0 Å². The fourth-order valence-corrected chi connectivity index (χ4v) is 8.54. The van der Waals surface area contributed by atoms with Crippen LogP contribution in [0.25, 0.3) is 0 Å². The molecule has 1 amide bonds. The van der Waals surface area contributed by atoms with Gasteiger partial charge < -0.3 is 15.5 Å². The van der Waals surface area contributed by atoms with Gasteiger partial charge in [0.25, 0.3) is 0 Å². The summed E-state index contributed by atoms with van der Waals surface area (Å²) in [7, 11) is 0. The van der Waals surface area contributed by atoms with Crippen LogP contribution in [0.3, 0.4) is 0 Å². The van der Waals surface area contributed by atoms with E-state index in [9.17, 15) is 15.0 Å². The lowest BCUT2D eigenvalue weighted by Crippen LogP contribution is -2.45. The Hall–Kier alpha value is -2.43. The van der Waals surface area contributed by atoms with Crippen LogP contribution < -0.4 is 5.32 Å². The summed E-state index contributed by atoms with van der Waals surface area (Å²) in [6.45, 7) is 4.21. The van der Waals surface area contributed by atoms with Gasteiger partial charge in [-0.3, -0.25) is 4.79 Å². The molecule has 4 heteroatoms. The molecule has 0 aliphatic carbocycles. The van der Waals surface area contributed by atoms with Crippen LogP contribution in [0.2, 0.25) is 0 Å². The smallest absolute Gasteiger partial charge is 0.220 e. The number of hydrogen-bond donors (Lipinski definition) is 3. The van der Waals surface area contributed by atoms with Crippen molar-refractivity contribution < 1.29 is 15.0 Å². The van der Waals surface area contributed by atoms with Crippen LogP contribution in [0.5, 0.6) is 0 Å². The van der Waals surface area contributed by atoms with Crippen LogP contribution in [0.1, 0.15) is 284 Å². The Bertz CT molecular complexity index is 1180. The van der Waals surface area contributed by atoms with Crippen LogP contribution in [-0.2, 0) is 4.79 Å². The van der Waals surface area contributed by atoms with Gasteiger partial charge in [0.1, 0.15) is 0 Å². The maximum Gasteiger partial charge on any atom is 0.220 e. The molecule has 0 bridgehead atoms. The highest BCUT2D eigenvalue weighted by Crippen LogP contribution is 2.17. The number of nitrogens with one attached hydrogen (secondary N) is 1. The Morgan fingerprint density at radius 3 is 1.00 bits per heavy atom. The lowest BCUT2D eigenvalue weighted by molar-refractivity contribution is -0.123. The van der Waals surface area contributed by atoms with E-state index in [1.54, 1.807) is 6.08 Å². The monoisotopic (exact) mass is 918 g/mol. The first-order chi connectivity index (χ1) is 32.7. The number of rotatable bonds is 52. The summed E-state index contributed by atoms with van der Waals surface area (Å²) < 4.78 is 0. The van der Waals surface area contributed by atoms with E-state index < -0.39 is 12.1 Å². The molecular weight excluding hydrogens is 807 g/mol. The van der Waals surface area contributed by atoms with E-state index in [2.05, 4.69) is 92.1 Å². The molecule has 0 saturated carbocycles. The fraction of sp³-hybridized carbons (Fsp3) is 0.758. The van der Waals surface area contributed by atoms with Crippen molar-refractivity contribution in [3.8, 4) is 0 Å². The minimum atomic E-state index is -0.849. The van der Waals surface area contributed by atoms with Crippen molar-refractivity contribution >= 4 is 5.91 Å². The van der Waals surface area contributed by atoms with Gasteiger partial charge in [-0.05, 0) is 70.6 Å². The third-order valence-electron chi connectivity index (χ3n) is 12.9. The van der Waals surface area contributed by atoms with Crippen LogP contribution in [0.4, 0.5) is 0 Å². The Balaban J connectivity index is 3.55. The van der Waals surface area contributed by atoms with E-state index in [0.29, 0.717) is 6.42 Å². The van der Waals surface area contributed by atoms with Gasteiger partial charge in [0.2, 0.25) is 5.91 Å². The second-order valence-corrected chi connectivity index (χ2v) is 19.3. The summed E-state index contributed by atoms with van der Waals surface area (Å²) >= 11 is 0. The number of unbranched alkanes of at least 4 members (excludes halogenated alkanes) is 33. The molecule has 0 saturated heterocycles. The maximum absolute atomic E-state index is 12.5. The number of allylic oxidation sites excluding steroid dienone is 13. The van der Waals surface area contributed by atoms with Gasteiger partial charge in [0.15, 0.2) is 0 Å². The van der Waals surface area contributed by atoms with Crippen LogP contribution in [0, 0.1) is 0 Å². The number of carbonyl (C=O) groups is 1. The molecule has 0 spiro atoms. The molecule has 0 aliphatic rings. The number of hydrogen-bond acceptors (Lipinski definition) is 3. The molecule has 0 rings (SSSR count). The standard InChI is InChI=1S/C62H111NO3/c1-3-5-7-9-11-13-15-17-19-21-23-25-27-29-31-33-35-37-39-41-43-45-47-49-51-53-55-57-61(65)60(59-64)63-62(66)58-56-54-52-50-48-46-44-42-40-38-36-34-32-30-28-26-24-22-20-18-16-14-12-10-8-6-4-2/h6,8,12,14,18,20,24,26,30,32,36,38,55,57,60-61,64-65H,3-5,7,9-11,13,15-17,19,21-23,25,27-29,31,33-35,37,39-54,56,58-59H2,1-2H3,(H,63,66)/b8-6-,14-12-,20-18-,26-24-,32-30-,38-36-,57-55+. The topological polar surface area (TPSA) is 69.6 Å². The Morgan fingerprint density at radius 2 is 0.667 bits per heavy atom. The molecule has 3 N–H and O–H groups in total. The minimum Gasteiger partial charge on any atom is -0.394 e. The summed E-state index contributed by atoms with van der Waals surface area (Å²) in [6.07, 6.45) is 83.1. The summed E-state index contributed by atoms with van der Waals surface area (Å²) in [4.78, 5) is 12.5. The Morgan fingerprint density at radius 1 is 0.379 bits per heavy atom. The first-order valence-electron chi connectivity index (χ1n) is 28.8. The lowest BCUT2D eigenvalue weighted by atomic mass is 10.0. The van der Waals surface area contributed by atoms with Crippen molar-refractivity contribution in [2.75, 3.05) is 6.61 Å². The first-order valence-corrected chi connectivity index (χ1v) is 28.8. The molecule has 0 radical (unpaired) electrons. The van der Waals surface area contributed by atoms with Gasteiger partial charge in [-0.1, -0.05) is 292 Å². The van der Waals surface area contributed by atoms with Crippen molar-refractivity contribution in [2.45, 2.75) is 296 Å². The number of carbonyl (C=O) groups excluding carboxylic acids is 1. The molecule has 66 heavy (non-hydrogen) atoms. The van der Waals surface area contributed by atoms with E-state index in [-0.39, 0.29) is 12.5 Å². The lowest BCUT2D eigenvalue weighted by Gasteiger charge is -2.20. The minimum absolute atomic E-state index is 0.0730. The second-order valence-electron chi connectivity index (χ2n) is 19.3. The highest BCUT2D eigenvalue weighted by atomic mass is 16.3. The quantitative estimate of drug-likeness (QED) is 0.0421. The molecule has 382 valence electrons. The summed E-state index contributed by atoms with van der Waals surface area (Å²) in [5.41, 5.74) is 0.